The number of carbonyl (C=O) groups excluding carboxylic acids is 3. The molecule has 0 bridgehead atoms. The highest BCUT2D eigenvalue weighted by molar-refractivity contribution is 6.04. The quantitative estimate of drug-likeness (QED) is 0.489. The van der Waals surface area contributed by atoms with E-state index in [0.717, 1.165) is 34.1 Å². The van der Waals surface area contributed by atoms with Crippen LogP contribution in [0.2, 0.25) is 0 Å². The van der Waals surface area contributed by atoms with Crippen molar-refractivity contribution < 1.29 is 14.4 Å². The van der Waals surface area contributed by atoms with Crippen LogP contribution in [-0.2, 0) is 16.0 Å². The monoisotopic (exact) mass is 472 g/mol. The van der Waals surface area contributed by atoms with Crippen molar-refractivity contribution in [3.63, 3.8) is 0 Å². The van der Waals surface area contributed by atoms with Crippen molar-refractivity contribution in [3.8, 4) is 0 Å². The normalized spacial score (nSPS) is 19.3. The Morgan fingerprint density at radius 3 is 2.63 bits per heavy atom. The van der Waals surface area contributed by atoms with Crippen molar-refractivity contribution in [3.05, 3.63) is 70.9 Å². The number of aromatic nitrogens is 1. The summed E-state index contributed by atoms with van der Waals surface area (Å²) in [5.41, 5.74) is 4.55. The van der Waals surface area contributed by atoms with Crippen molar-refractivity contribution in [1.82, 2.24) is 20.5 Å². The summed E-state index contributed by atoms with van der Waals surface area (Å²) in [6.45, 7) is 6.62. The molecule has 2 aliphatic rings. The predicted octanol–water partition coefficient (Wildman–Crippen LogP) is 3.69. The smallest absolute Gasteiger partial charge is 0.255 e. The fourth-order valence-electron chi connectivity index (χ4n) is 5.48. The lowest BCUT2D eigenvalue weighted by Crippen LogP contribution is -2.56. The average Bonchev–Trinajstić information content (AvgIpc) is 3.37. The van der Waals surface area contributed by atoms with Crippen molar-refractivity contribution in [2.24, 2.45) is 5.92 Å². The van der Waals surface area contributed by atoms with Crippen LogP contribution in [0, 0.1) is 5.92 Å². The molecule has 3 atom stereocenters. The molecule has 0 spiro atoms. The predicted molar refractivity (Wildman–Crippen MR) is 135 cm³/mol. The number of hydrogen-bond acceptors (Lipinski definition) is 3. The van der Waals surface area contributed by atoms with E-state index in [4.69, 9.17) is 0 Å². The number of para-hydroxylation sites is 1. The van der Waals surface area contributed by atoms with Crippen LogP contribution in [0.25, 0.3) is 10.9 Å². The standard InChI is InChI=1S/C28H32N4O3/c1-4-13-29-26(33)22(14-16(2)3)31-27(34)23-15-20-17-9-7-8-12-21(17)30-24(20)25-18-10-5-6-11-19(18)28(35)32(23)25/h5-12,16,22-23,25,30H,4,13-15H2,1-3H3,(H,29,33)(H,31,34)/t22-,23-,25?/m0/s1. The number of hydrogen-bond donors (Lipinski definition) is 3. The van der Waals surface area contributed by atoms with E-state index in [1.54, 1.807) is 4.90 Å². The van der Waals surface area contributed by atoms with E-state index in [-0.39, 0.29) is 29.7 Å². The molecule has 3 aromatic rings. The van der Waals surface area contributed by atoms with E-state index < -0.39 is 12.1 Å². The Balaban J connectivity index is 1.53. The molecule has 7 nitrogen and oxygen atoms in total. The zero-order valence-electron chi connectivity index (χ0n) is 20.4. The van der Waals surface area contributed by atoms with Gasteiger partial charge in [0.2, 0.25) is 11.8 Å². The van der Waals surface area contributed by atoms with Gasteiger partial charge in [-0.3, -0.25) is 14.4 Å². The van der Waals surface area contributed by atoms with Gasteiger partial charge < -0.3 is 20.5 Å². The number of H-pyrrole nitrogens is 1. The molecule has 2 aliphatic heterocycles. The Bertz CT molecular complexity index is 1290. The molecule has 2 aromatic carbocycles. The minimum atomic E-state index is -0.708. The maximum atomic E-state index is 13.8. The van der Waals surface area contributed by atoms with Crippen LogP contribution >= 0.6 is 0 Å². The summed E-state index contributed by atoms with van der Waals surface area (Å²) in [6, 6.07) is 13.9. The third kappa shape index (κ3) is 3.99. The van der Waals surface area contributed by atoms with Gasteiger partial charge in [-0.25, -0.2) is 0 Å². The van der Waals surface area contributed by atoms with E-state index >= 15 is 0 Å². The summed E-state index contributed by atoms with van der Waals surface area (Å²) >= 11 is 0. The Morgan fingerprint density at radius 1 is 1.11 bits per heavy atom. The zero-order valence-corrected chi connectivity index (χ0v) is 20.4. The summed E-state index contributed by atoms with van der Waals surface area (Å²) in [6.07, 6.45) is 1.75. The molecule has 0 saturated carbocycles. The summed E-state index contributed by atoms with van der Waals surface area (Å²) in [4.78, 5) is 45.4. The van der Waals surface area contributed by atoms with Gasteiger partial charge in [0.05, 0.1) is 6.04 Å². The number of fused-ring (bicyclic) bond motifs is 7. The number of nitrogens with one attached hydrogen (secondary N) is 3. The highest BCUT2D eigenvalue weighted by Crippen LogP contribution is 2.46. The summed E-state index contributed by atoms with van der Waals surface area (Å²) in [7, 11) is 0. The van der Waals surface area contributed by atoms with Crippen molar-refractivity contribution in [2.75, 3.05) is 6.54 Å². The molecule has 182 valence electrons. The van der Waals surface area contributed by atoms with Crippen molar-refractivity contribution >= 4 is 28.6 Å². The van der Waals surface area contributed by atoms with Gasteiger partial charge in [0, 0.05) is 35.1 Å². The van der Waals surface area contributed by atoms with Crippen LogP contribution in [-0.4, -0.2) is 46.2 Å². The minimum Gasteiger partial charge on any atom is -0.356 e. The Hall–Kier alpha value is -3.61. The molecule has 3 heterocycles. The lowest BCUT2D eigenvalue weighted by molar-refractivity contribution is -0.132. The van der Waals surface area contributed by atoms with Gasteiger partial charge in [0.25, 0.3) is 5.91 Å². The topological polar surface area (TPSA) is 94.3 Å². The molecule has 1 unspecified atom stereocenters. The number of benzene rings is 2. The number of rotatable bonds is 7. The number of amides is 3. The fraction of sp³-hybridized carbons (Fsp3) is 0.393. The van der Waals surface area contributed by atoms with Crippen LogP contribution < -0.4 is 10.6 Å². The highest BCUT2D eigenvalue weighted by Gasteiger charge is 2.49. The highest BCUT2D eigenvalue weighted by atomic mass is 16.2. The van der Waals surface area contributed by atoms with Gasteiger partial charge in [-0.2, -0.15) is 0 Å². The first kappa shape index (κ1) is 23.1. The molecule has 0 fully saturated rings. The maximum absolute atomic E-state index is 13.8. The van der Waals surface area contributed by atoms with Crippen molar-refractivity contribution in [1.29, 1.82) is 0 Å². The molecule has 0 saturated heterocycles. The van der Waals surface area contributed by atoms with Crippen molar-refractivity contribution in [2.45, 2.75) is 58.2 Å². The fourth-order valence-corrected chi connectivity index (χ4v) is 5.48. The lowest BCUT2D eigenvalue weighted by atomic mass is 9.89. The Kier molecular flexibility index (Phi) is 6.09. The van der Waals surface area contributed by atoms with Crippen LogP contribution in [0.1, 0.15) is 66.8 Å². The van der Waals surface area contributed by atoms with E-state index in [1.165, 1.54) is 0 Å². The van der Waals surface area contributed by atoms with Gasteiger partial charge in [0.15, 0.2) is 0 Å². The Morgan fingerprint density at radius 2 is 1.86 bits per heavy atom. The second-order valence-corrected chi connectivity index (χ2v) is 9.97. The van der Waals surface area contributed by atoms with Gasteiger partial charge in [0.1, 0.15) is 12.1 Å². The zero-order chi connectivity index (χ0) is 24.7. The summed E-state index contributed by atoms with van der Waals surface area (Å²) in [5.74, 6) is -0.384. The summed E-state index contributed by atoms with van der Waals surface area (Å²) in [5, 5.41) is 6.98. The van der Waals surface area contributed by atoms with E-state index in [1.807, 2.05) is 63.2 Å². The SMILES string of the molecule is CCCNC(=O)[C@H](CC(C)C)NC(=O)[C@@H]1Cc2c([nH]c3ccccc23)C2c3ccccc3C(=O)N21. The van der Waals surface area contributed by atoms with Gasteiger partial charge in [-0.05, 0) is 42.0 Å². The average molecular weight is 473 g/mol. The number of carbonyl (C=O) groups is 3. The lowest BCUT2D eigenvalue weighted by Gasteiger charge is -2.37. The van der Waals surface area contributed by atoms with E-state index in [9.17, 15) is 14.4 Å². The molecular weight excluding hydrogens is 440 g/mol. The first-order valence-corrected chi connectivity index (χ1v) is 12.5. The molecule has 5 rings (SSSR count). The number of nitrogens with zero attached hydrogens (tertiary/aromatic N) is 1. The Labute approximate surface area is 205 Å². The maximum Gasteiger partial charge on any atom is 0.255 e. The van der Waals surface area contributed by atoms with E-state index in [0.29, 0.717) is 24.9 Å². The minimum absolute atomic E-state index is 0.147. The van der Waals surface area contributed by atoms with Crippen LogP contribution in [0.3, 0.4) is 0 Å². The van der Waals surface area contributed by atoms with Gasteiger partial charge >= 0.3 is 0 Å². The van der Waals surface area contributed by atoms with Gasteiger partial charge in [-0.1, -0.05) is 57.2 Å². The largest absolute Gasteiger partial charge is 0.356 e. The second-order valence-electron chi connectivity index (χ2n) is 9.97. The van der Waals surface area contributed by atoms with Gasteiger partial charge in [-0.15, -0.1) is 0 Å². The molecule has 0 aliphatic carbocycles. The molecule has 0 radical (unpaired) electrons. The van der Waals surface area contributed by atoms with E-state index in [2.05, 4.69) is 21.7 Å². The second kappa shape index (κ2) is 9.21. The first-order valence-electron chi connectivity index (χ1n) is 12.5. The third-order valence-corrected chi connectivity index (χ3v) is 7.04. The first-order chi connectivity index (χ1) is 16.9. The summed E-state index contributed by atoms with van der Waals surface area (Å²) < 4.78 is 0. The molecule has 35 heavy (non-hydrogen) atoms. The molecule has 1 aromatic heterocycles. The van der Waals surface area contributed by atoms with Crippen LogP contribution in [0.4, 0.5) is 0 Å². The number of aromatic amines is 1. The molecule has 3 N–H and O–H groups in total. The third-order valence-electron chi connectivity index (χ3n) is 7.04. The van der Waals surface area contributed by atoms with Crippen LogP contribution in [0.15, 0.2) is 48.5 Å². The van der Waals surface area contributed by atoms with Crippen LogP contribution in [0.5, 0.6) is 0 Å². The molecular formula is C28H32N4O3. The molecule has 7 heteroatoms. The molecule has 3 amide bonds.